The second-order valence-corrected chi connectivity index (χ2v) is 10.9. The van der Waals surface area contributed by atoms with E-state index in [9.17, 15) is 15.0 Å². The van der Waals surface area contributed by atoms with Crippen molar-refractivity contribution in [2.75, 3.05) is 0 Å². The van der Waals surface area contributed by atoms with Gasteiger partial charge in [-0.25, -0.2) is 4.79 Å². The third kappa shape index (κ3) is 6.06. The number of rotatable bonds is 5. The van der Waals surface area contributed by atoms with Crippen molar-refractivity contribution < 1.29 is 19.7 Å². The maximum atomic E-state index is 12.5. The third-order valence-corrected chi connectivity index (χ3v) is 6.41. The molecular formula is C32H30ClNO4. The average molecular weight is 528 g/mol. The van der Waals surface area contributed by atoms with E-state index in [4.69, 9.17) is 16.3 Å². The van der Waals surface area contributed by atoms with Crippen LogP contribution < -0.4 is 0 Å². The summed E-state index contributed by atoms with van der Waals surface area (Å²) in [6.45, 7) is 9.03. The smallest absolute Gasteiger partial charge is 0.337 e. The number of fused-ring (bicyclic) bond motifs is 1. The van der Waals surface area contributed by atoms with Crippen molar-refractivity contribution in [3.05, 3.63) is 100 Å². The Hall–Kier alpha value is -3.69. The zero-order valence-corrected chi connectivity index (χ0v) is 22.8. The molecule has 0 radical (unpaired) electrons. The largest absolute Gasteiger partial charge is 0.479 e. The predicted molar refractivity (Wildman–Crippen MR) is 151 cm³/mol. The Labute approximate surface area is 228 Å². The molecule has 0 fully saturated rings. The molecule has 2 N–H and O–H groups in total. The number of aryl methyl sites for hydroxylation is 1. The van der Waals surface area contributed by atoms with Crippen LogP contribution in [0.5, 0.6) is 0 Å². The van der Waals surface area contributed by atoms with Crippen molar-refractivity contribution in [3.63, 3.8) is 0 Å². The van der Waals surface area contributed by atoms with E-state index < -0.39 is 23.3 Å². The number of aliphatic hydroxyl groups is 1. The maximum Gasteiger partial charge on any atom is 0.337 e. The van der Waals surface area contributed by atoms with Gasteiger partial charge in [0.25, 0.3) is 0 Å². The maximum absolute atomic E-state index is 12.5. The molecule has 4 rings (SSSR count). The van der Waals surface area contributed by atoms with Gasteiger partial charge in [0.15, 0.2) is 6.10 Å². The first kappa shape index (κ1) is 27.3. The molecule has 38 heavy (non-hydrogen) atoms. The number of ether oxygens (including phenoxy) is 1. The minimum Gasteiger partial charge on any atom is -0.479 e. The lowest BCUT2D eigenvalue weighted by molar-refractivity contribution is -0.160. The van der Waals surface area contributed by atoms with Gasteiger partial charge in [0.05, 0.1) is 5.60 Å². The molecule has 4 aromatic rings. The molecule has 0 saturated carbocycles. The summed E-state index contributed by atoms with van der Waals surface area (Å²) in [6.07, 6.45) is 2.04. The molecule has 0 aliphatic rings. The first-order chi connectivity index (χ1) is 17.9. The van der Waals surface area contributed by atoms with Crippen molar-refractivity contribution >= 4 is 28.3 Å². The molecule has 2 atom stereocenters. The molecule has 0 saturated heterocycles. The van der Waals surface area contributed by atoms with Gasteiger partial charge in [-0.15, -0.1) is 0 Å². The van der Waals surface area contributed by atoms with Crippen LogP contribution in [0.3, 0.4) is 0 Å². The average Bonchev–Trinajstić information content (AvgIpc) is 2.86. The Balaban J connectivity index is 1.96. The highest BCUT2D eigenvalue weighted by molar-refractivity contribution is 6.30. The highest BCUT2D eigenvalue weighted by Crippen LogP contribution is 2.41. The van der Waals surface area contributed by atoms with E-state index in [0.717, 1.165) is 27.5 Å². The standard InChI is InChI=1S/C32H30ClNO4/c1-20-17-23-9-8-21(14-15-32(5,37)24-7-6-16-34-19-24)18-26(23)28(22-10-12-25(33)13-11-22)27(20)29(30(35)36)38-31(2,3)4/h6-13,16-19,29,37H,1-5H3,(H,35,36). The number of carboxylic acid groups (broad SMARTS) is 1. The van der Waals surface area contributed by atoms with Crippen LogP contribution in [-0.2, 0) is 15.1 Å². The van der Waals surface area contributed by atoms with Gasteiger partial charge in [-0.2, -0.15) is 0 Å². The number of carbonyl (C=O) groups is 1. The first-order valence-corrected chi connectivity index (χ1v) is 12.6. The Morgan fingerprint density at radius 2 is 1.76 bits per heavy atom. The van der Waals surface area contributed by atoms with Crippen LogP contribution in [-0.4, -0.2) is 26.8 Å². The van der Waals surface area contributed by atoms with Crippen LogP contribution in [0, 0.1) is 18.8 Å². The van der Waals surface area contributed by atoms with Crippen LogP contribution in [0.15, 0.2) is 73.1 Å². The van der Waals surface area contributed by atoms with Gasteiger partial charge < -0.3 is 14.9 Å². The molecule has 2 unspecified atom stereocenters. The molecule has 0 amide bonds. The van der Waals surface area contributed by atoms with Gasteiger partial charge in [-0.05, 0) is 92.4 Å². The van der Waals surface area contributed by atoms with Crippen molar-refractivity contribution in [3.8, 4) is 23.0 Å². The lowest BCUT2D eigenvalue weighted by Crippen LogP contribution is -2.28. The van der Waals surface area contributed by atoms with E-state index in [-0.39, 0.29) is 0 Å². The van der Waals surface area contributed by atoms with E-state index in [1.165, 1.54) is 0 Å². The molecule has 1 aromatic heterocycles. The van der Waals surface area contributed by atoms with Crippen LogP contribution in [0.1, 0.15) is 56.1 Å². The summed E-state index contributed by atoms with van der Waals surface area (Å²) in [4.78, 5) is 16.6. The molecular weight excluding hydrogens is 498 g/mol. The number of hydrogen-bond donors (Lipinski definition) is 2. The Kier molecular flexibility index (Phi) is 7.62. The lowest BCUT2D eigenvalue weighted by atomic mass is 9.86. The van der Waals surface area contributed by atoms with Crippen LogP contribution in [0.2, 0.25) is 5.02 Å². The zero-order chi connectivity index (χ0) is 27.7. The summed E-state index contributed by atoms with van der Waals surface area (Å²) >= 11 is 6.18. The minimum atomic E-state index is -1.39. The molecule has 0 aliphatic carbocycles. The van der Waals surface area contributed by atoms with Gasteiger partial charge in [0, 0.05) is 34.1 Å². The summed E-state index contributed by atoms with van der Waals surface area (Å²) in [7, 11) is 0. The number of benzene rings is 3. The van der Waals surface area contributed by atoms with E-state index in [1.807, 2.05) is 64.1 Å². The van der Waals surface area contributed by atoms with Crippen molar-refractivity contribution in [2.24, 2.45) is 0 Å². The molecule has 5 nitrogen and oxygen atoms in total. The SMILES string of the molecule is Cc1cc2ccc(C#CC(C)(O)c3cccnc3)cc2c(-c2ccc(Cl)cc2)c1C(OC(C)(C)C)C(=O)O. The van der Waals surface area contributed by atoms with Crippen LogP contribution >= 0.6 is 11.6 Å². The van der Waals surface area contributed by atoms with Gasteiger partial charge in [-0.1, -0.05) is 53.8 Å². The lowest BCUT2D eigenvalue weighted by Gasteiger charge is -2.28. The molecule has 0 aliphatic heterocycles. The van der Waals surface area contributed by atoms with Gasteiger partial charge in [0.1, 0.15) is 5.60 Å². The number of pyridine rings is 1. The molecule has 6 heteroatoms. The molecule has 0 bridgehead atoms. The van der Waals surface area contributed by atoms with Gasteiger partial charge in [-0.3, -0.25) is 4.98 Å². The number of nitrogens with zero attached hydrogens (tertiary/aromatic N) is 1. The minimum absolute atomic E-state index is 0.578. The summed E-state index contributed by atoms with van der Waals surface area (Å²) in [5, 5.41) is 23.5. The second-order valence-electron chi connectivity index (χ2n) is 10.4. The van der Waals surface area contributed by atoms with E-state index >= 15 is 0 Å². The predicted octanol–water partition coefficient (Wildman–Crippen LogP) is 7.06. The summed E-state index contributed by atoms with van der Waals surface area (Å²) in [6, 6.07) is 18.6. The molecule has 194 valence electrons. The second kappa shape index (κ2) is 10.6. The fourth-order valence-corrected chi connectivity index (χ4v) is 4.52. The van der Waals surface area contributed by atoms with Crippen LogP contribution in [0.4, 0.5) is 0 Å². The summed E-state index contributed by atoms with van der Waals surface area (Å²) in [5.74, 6) is 4.97. The van der Waals surface area contributed by atoms with E-state index in [2.05, 4.69) is 16.8 Å². The highest BCUT2D eigenvalue weighted by Gasteiger charge is 2.31. The topological polar surface area (TPSA) is 79.7 Å². The summed E-state index contributed by atoms with van der Waals surface area (Å²) < 4.78 is 6.08. The van der Waals surface area contributed by atoms with Gasteiger partial charge in [0.2, 0.25) is 0 Å². The Morgan fingerprint density at radius 3 is 2.37 bits per heavy atom. The fourth-order valence-electron chi connectivity index (χ4n) is 4.40. The third-order valence-electron chi connectivity index (χ3n) is 6.15. The number of carboxylic acids is 1. The molecule has 1 heterocycles. The zero-order valence-electron chi connectivity index (χ0n) is 22.0. The summed E-state index contributed by atoms with van der Waals surface area (Å²) in [5.41, 5.74) is 2.13. The van der Waals surface area contributed by atoms with E-state index in [1.54, 1.807) is 43.6 Å². The Morgan fingerprint density at radius 1 is 1.05 bits per heavy atom. The Bertz CT molecular complexity index is 1540. The van der Waals surface area contributed by atoms with Crippen molar-refractivity contribution in [1.29, 1.82) is 0 Å². The van der Waals surface area contributed by atoms with Crippen LogP contribution in [0.25, 0.3) is 21.9 Å². The number of aromatic nitrogens is 1. The molecule has 3 aromatic carbocycles. The number of hydrogen-bond acceptors (Lipinski definition) is 4. The normalized spacial score (nSPS) is 13.9. The highest BCUT2D eigenvalue weighted by atomic mass is 35.5. The quantitative estimate of drug-likeness (QED) is 0.271. The van der Waals surface area contributed by atoms with Crippen molar-refractivity contribution in [1.82, 2.24) is 4.98 Å². The van der Waals surface area contributed by atoms with Crippen molar-refractivity contribution in [2.45, 2.75) is 51.9 Å². The number of halogens is 1. The van der Waals surface area contributed by atoms with E-state index in [0.29, 0.717) is 21.7 Å². The molecule has 0 spiro atoms. The van der Waals surface area contributed by atoms with Gasteiger partial charge >= 0.3 is 5.97 Å². The first-order valence-electron chi connectivity index (χ1n) is 12.3. The fraction of sp³-hybridized carbons (Fsp3) is 0.250. The monoisotopic (exact) mass is 527 g/mol. The number of aliphatic carboxylic acids is 1.